The number of piperidine rings is 1. The van der Waals surface area contributed by atoms with E-state index in [2.05, 4.69) is 5.32 Å². The zero-order valence-electron chi connectivity index (χ0n) is 14.6. The molecule has 1 saturated heterocycles. The molecule has 1 heterocycles. The van der Waals surface area contributed by atoms with Gasteiger partial charge >= 0.3 is 5.97 Å². The number of nitriles is 1. The Morgan fingerprint density at radius 2 is 1.89 bits per heavy atom. The van der Waals surface area contributed by atoms with Crippen LogP contribution in [0.2, 0.25) is 5.02 Å². The molecule has 0 atom stereocenters. The zero-order chi connectivity index (χ0) is 19.9. The van der Waals surface area contributed by atoms with Gasteiger partial charge in [0.1, 0.15) is 0 Å². The van der Waals surface area contributed by atoms with Crippen molar-refractivity contribution in [1.82, 2.24) is 9.62 Å². The van der Waals surface area contributed by atoms with E-state index in [9.17, 15) is 18.0 Å². The molecule has 1 amide bonds. The molecule has 27 heavy (non-hydrogen) atoms. The minimum atomic E-state index is -3.63. The molecule has 1 aromatic rings. The Hall–Kier alpha value is -2.15. The standard InChI is InChI=1S/C17H20ClN3O5S/c18-14-2-4-15(5-3-14)27(24,25)21-10-6-13(7-11-21)17(23)26-12-16(22)20-9-1-8-19/h2-5,13H,1,6-7,9-12H2,(H,20,22). The molecular formula is C17H20ClN3O5S. The summed E-state index contributed by atoms with van der Waals surface area (Å²) in [7, 11) is -3.63. The zero-order valence-corrected chi connectivity index (χ0v) is 16.1. The first-order chi connectivity index (χ1) is 12.8. The van der Waals surface area contributed by atoms with E-state index in [-0.39, 0.29) is 31.0 Å². The molecule has 0 aliphatic carbocycles. The summed E-state index contributed by atoms with van der Waals surface area (Å²) < 4.78 is 31.5. The van der Waals surface area contributed by atoms with Gasteiger partial charge in [0.25, 0.3) is 5.91 Å². The lowest BCUT2D eigenvalue weighted by Gasteiger charge is -2.30. The first-order valence-electron chi connectivity index (χ1n) is 8.40. The summed E-state index contributed by atoms with van der Waals surface area (Å²) in [5.74, 6) is -1.44. The molecule has 146 valence electrons. The van der Waals surface area contributed by atoms with Crippen molar-refractivity contribution in [2.24, 2.45) is 5.92 Å². The smallest absolute Gasteiger partial charge is 0.309 e. The van der Waals surface area contributed by atoms with Gasteiger partial charge in [-0.1, -0.05) is 11.6 Å². The molecule has 8 nitrogen and oxygen atoms in total. The lowest BCUT2D eigenvalue weighted by Crippen LogP contribution is -2.41. The highest BCUT2D eigenvalue weighted by Gasteiger charge is 2.32. The van der Waals surface area contributed by atoms with E-state index in [0.717, 1.165) is 0 Å². The maximum absolute atomic E-state index is 12.6. The second-order valence-corrected chi connectivity index (χ2v) is 8.37. The molecule has 0 spiro atoms. The van der Waals surface area contributed by atoms with Gasteiger partial charge in [-0.3, -0.25) is 9.59 Å². The predicted molar refractivity (Wildman–Crippen MR) is 97.1 cm³/mol. The number of benzene rings is 1. The summed E-state index contributed by atoms with van der Waals surface area (Å²) in [6.45, 7) is 0.180. The van der Waals surface area contributed by atoms with Gasteiger partial charge in [0.15, 0.2) is 6.61 Å². The molecule has 0 saturated carbocycles. The largest absolute Gasteiger partial charge is 0.455 e. The van der Waals surface area contributed by atoms with Crippen LogP contribution >= 0.6 is 11.6 Å². The summed E-state index contributed by atoms with van der Waals surface area (Å²) in [5, 5.41) is 11.3. The number of hydrogen-bond donors (Lipinski definition) is 1. The monoisotopic (exact) mass is 413 g/mol. The van der Waals surface area contributed by atoms with E-state index in [1.807, 2.05) is 6.07 Å². The van der Waals surface area contributed by atoms with Crippen molar-refractivity contribution in [2.75, 3.05) is 26.2 Å². The van der Waals surface area contributed by atoms with Crippen molar-refractivity contribution in [1.29, 1.82) is 5.26 Å². The Kier molecular flexibility index (Phi) is 7.59. The highest BCUT2D eigenvalue weighted by atomic mass is 35.5. The number of nitrogens with zero attached hydrogens (tertiary/aromatic N) is 2. The number of sulfonamides is 1. The Balaban J connectivity index is 1.82. The van der Waals surface area contributed by atoms with E-state index in [1.54, 1.807) is 0 Å². The number of hydrogen-bond acceptors (Lipinski definition) is 6. The van der Waals surface area contributed by atoms with Crippen molar-refractivity contribution in [3.05, 3.63) is 29.3 Å². The van der Waals surface area contributed by atoms with Gasteiger partial charge in [-0.05, 0) is 37.1 Å². The highest BCUT2D eigenvalue weighted by molar-refractivity contribution is 7.89. The molecular weight excluding hydrogens is 394 g/mol. The topological polar surface area (TPSA) is 117 Å². The van der Waals surface area contributed by atoms with E-state index < -0.39 is 34.4 Å². The molecule has 0 bridgehead atoms. The van der Waals surface area contributed by atoms with Gasteiger partial charge in [-0.15, -0.1) is 0 Å². The van der Waals surface area contributed by atoms with E-state index >= 15 is 0 Å². The lowest BCUT2D eigenvalue weighted by molar-refractivity contribution is -0.153. The number of carbonyl (C=O) groups excluding carboxylic acids is 2. The molecule has 10 heteroatoms. The van der Waals surface area contributed by atoms with Crippen LogP contribution < -0.4 is 5.32 Å². The van der Waals surface area contributed by atoms with Crippen molar-refractivity contribution in [2.45, 2.75) is 24.2 Å². The van der Waals surface area contributed by atoms with Gasteiger partial charge in [-0.25, -0.2) is 8.42 Å². The van der Waals surface area contributed by atoms with Gasteiger partial charge in [-0.2, -0.15) is 9.57 Å². The summed E-state index contributed by atoms with van der Waals surface area (Å²) >= 11 is 5.79. The van der Waals surface area contributed by atoms with Crippen molar-refractivity contribution in [3.63, 3.8) is 0 Å². The molecule has 1 fully saturated rings. The third-order valence-electron chi connectivity index (χ3n) is 4.14. The fraction of sp³-hybridized carbons (Fsp3) is 0.471. The van der Waals surface area contributed by atoms with Crippen LogP contribution in [-0.4, -0.2) is 50.8 Å². The Morgan fingerprint density at radius 3 is 2.48 bits per heavy atom. The first-order valence-corrected chi connectivity index (χ1v) is 10.2. The lowest BCUT2D eigenvalue weighted by atomic mass is 9.98. The number of nitrogens with one attached hydrogen (secondary N) is 1. The molecule has 0 radical (unpaired) electrons. The molecule has 0 aromatic heterocycles. The Labute approximate surface area is 163 Å². The van der Waals surface area contributed by atoms with Gasteiger partial charge < -0.3 is 10.1 Å². The number of esters is 1. The summed E-state index contributed by atoms with van der Waals surface area (Å²) in [5.41, 5.74) is 0. The van der Waals surface area contributed by atoms with Crippen LogP contribution in [0.25, 0.3) is 0 Å². The average molecular weight is 414 g/mol. The van der Waals surface area contributed by atoms with Crippen LogP contribution in [0.15, 0.2) is 29.2 Å². The number of rotatable bonds is 7. The van der Waals surface area contributed by atoms with Crippen molar-refractivity contribution < 1.29 is 22.7 Å². The van der Waals surface area contributed by atoms with Crippen LogP contribution in [0.3, 0.4) is 0 Å². The second-order valence-electron chi connectivity index (χ2n) is 6.00. The van der Waals surface area contributed by atoms with Crippen LogP contribution in [-0.2, 0) is 24.3 Å². The van der Waals surface area contributed by atoms with Crippen LogP contribution in [0.1, 0.15) is 19.3 Å². The third kappa shape index (κ3) is 5.92. The number of carbonyl (C=O) groups is 2. The molecule has 1 aliphatic heterocycles. The van der Waals surface area contributed by atoms with Crippen LogP contribution in [0.5, 0.6) is 0 Å². The average Bonchev–Trinajstić information content (AvgIpc) is 2.67. The van der Waals surface area contributed by atoms with Crippen LogP contribution in [0.4, 0.5) is 0 Å². The molecule has 1 aromatic carbocycles. The summed E-state index contributed by atoms with van der Waals surface area (Å²) in [4.78, 5) is 23.7. The van der Waals surface area contributed by atoms with Gasteiger partial charge in [0, 0.05) is 24.7 Å². The maximum Gasteiger partial charge on any atom is 0.309 e. The van der Waals surface area contributed by atoms with E-state index in [4.69, 9.17) is 21.6 Å². The van der Waals surface area contributed by atoms with E-state index in [1.165, 1.54) is 28.6 Å². The van der Waals surface area contributed by atoms with Crippen molar-refractivity contribution in [3.8, 4) is 6.07 Å². The molecule has 1 N–H and O–H groups in total. The second kappa shape index (κ2) is 9.69. The Morgan fingerprint density at radius 1 is 1.26 bits per heavy atom. The highest BCUT2D eigenvalue weighted by Crippen LogP contribution is 2.25. The van der Waals surface area contributed by atoms with Crippen molar-refractivity contribution >= 4 is 33.5 Å². The first kappa shape index (κ1) is 21.2. The molecule has 1 aliphatic rings. The molecule has 0 unspecified atom stereocenters. The number of ether oxygens (including phenoxy) is 1. The quantitative estimate of drug-likeness (QED) is 0.532. The minimum absolute atomic E-state index is 0.155. The SMILES string of the molecule is N#CCCNC(=O)COC(=O)C1CCN(S(=O)(=O)c2ccc(Cl)cc2)CC1. The number of amides is 1. The fourth-order valence-corrected chi connectivity index (χ4v) is 4.25. The third-order valence-corrected chi connectivity index (χ3v) is 6.31. The molecule has 2 rings (SSSR count). The fourth-order valence-electron chi connectivity index (χ4n) is 2.65. The minimum Gasteiger partial charge on any atom is -0.455 e. The van der Waals surface area contributed by atoms with E-state index in [0.29, 0.717) is 17.9 Å². The Bertz CT molecular complexity index is 812. The van der Waals surface area contributed by atoms with Crippen LogP contribution in [0, 0.1) is 17.2 Å². The van der Waals surface area contributed by atoms with Gasteiger partial charge in [0.05, 0.1) is 23.3 Å². The maximum atomic E-state index is 12.6. The number of halogens is 1. The summed E-state index contributed by atoms with van der Waals surface area (Å²) in [6, 6.07) is 7.81. The normalized spacial score (nSPS) is 15.7. The van der Waals surface area contributed by atoms with Gasteiger partial charge in [0.2, 0.25) is 10.0 Å². The summed E-state index contributed by atoms with van der Waals surface area (Å²) in [6.07, 6.45) is 0.823. The predicted octanol–water partition coefficient (Wildman–Crippen LogP) is 1.31.